The summed E-state index contributed by atoms with van der Waals surface area (Å²) in [5, 5.41) is 15.4. The van der Waals surface area contributed by atoms with Gasteiger partial charge in [-0.15, -0.1) is 0 Å². The molecule has 176 valence electrons. The molecule has 2 aromatic carbocycles. The molecular formula is C27H26N6O2. The maximum Gasteiger partial charge on any atom is 0.273 e. The summed E-state index contributed by atoms with van der Waals surface area (Å²) in [6.07, 6.45) is 1.97. The number of nitrogens with two attached hydrogens (primary N) is 1. The van der Waals surface area contributed by atoms with Crippen molar-refractivity contribution in [3.05, 3.63) is 70.4 Å². The van der Waals surface area contributed by atoms with Crippen LogP contribution in [0.3, 0.4) is 0 Å². The molecule has 0 saturated carbocycles. The molecule has 6 rings (SSSR count). The lowest BCUT2D eigenvalue weighted by Crippen LogP contribution is -2.44. The highest BCUT2D eigenvalue weighted by atomic mass is 16.5. The largest absolute Gasteiger partial charge is 0.489 e. The van der Waals surface area contributed by atoms with E-state index in [1.54, 1.807) is 4.68 Å². The molecule has 1 saturated heterocycles. The SMILES string of the molecule is Cc1ccc(OCc2ccccc2)c(C)c1-n1c(N)c(C#N)c2c3n(nc21)C[C@H]1CCCN1C3=O. The third-order valence-corrected chi connectivity index (χ3v) is 7.27. The Hall–Kier alpha value is -4.25. The van der Waals surface area contributed by atoms with E-state index in [0.717, 1.165) is 47.5 Å². The summed E-state index contributed by atoms with van der Waals surface area (Å²) in [5.74, 6) is 0.953. The van der Waals surface area contributed by atoms with Crippen LogP contribution in [-0.2, 0) is 13.2 Å². The molecule has 1 atom stereocenters. The summed E-state index contributed by atoms with van der Waals surface area (Å²) in [7, 11) is 0. The number of amides is 1. The first kappa shape index (κ1) is 21.3. The molecule has 2 aliphatic heterocycles. The van der Waals surface area contributed by atoms with E-state index in [4.69, 9.17) is 15.6 Å². The number of fused-ring (bicyclic) bond motifs is 4. The average molecular weight is 467 g/mol. The van der Waals surface area contributed by atoms with E-state index in [1.165, 1.54) is 0 Å². The molecule has 8 heteroatoms. The Morgan fingerprint density at radius 2 is 2.00 bits per heavy atom. The minimum absolute atomic E-state index is 0.0664. The first-order chi connectivity index (χ1) is 17.0. The van der Waals surface area contributed by atoms with Crippen molar-refractivity contribution in [2.75, 3.05) is 12.3 Å². The van der Waals surface area contributed by atoms with Gasteiger partial charge < -0.3 is 15.4 Å². The van der Waals surface area contributed by atoms with Crippen molar-refractivity contribution in [2.24, 2.45) is 0 Å². The number of rotatable bonds is 4. The van der Waals surface area contributed by atoms with Gasteiger partial charge >= 0.3 is 0 Å². The van der Waals surface area contributed by atoms with E-state index in [9.17, 15) is 10.1 Å². The minimum atomic E-state index is -0.0664. The number of nitrogens with zero attached hydrogens (tertiary/aromatic N) is 5. The predicted molar refractivity (Wildman–Crippen MR) is 132 cm³/mol. The lowest BCUT2D eigenvalue weighted by molar-refractivity contribution is 0.0662. The number of benzene rings is 2. The Balaban J connectivity index is 1.51. The number of aromatic nitrogens is 3. The first-order valence-electron chi connectivity index (χ1n) is 11.9. The van der Waals surface area contributed by atoms with Crippen molar-refractivity contribution in [1.29, 1.82) is 5.26 Å². The van der Waals surface area contributed by atoms with Crippen LogP contribution in [-0.4, -0.2) is 37.7 Å². The normalized spacial score (nSPS) is 16.9. The second-order valence-electron chi connectivity index (χ2n) is 9.36. The highest BCUT2D eigenvalue weighted by Gasteiger charge is 2.40. The van der Waals surface area contributed by atoms with Crippen LogP contribution in [0.2, 0.25) is 0 Å². The molecule has 2 N–H and O–H groups in total. The van der Waals surface area contributed by atoms with Gasteiger partial charge in [-0.05, 0) is 43.9 Å². The minimum Gasteiger partial charge on any atom is -0.489 e. The smallest absolute Gasteiger partial charge is 0.273 e. The molecule has 0 radical (unpaired) electrons. The third kappa shape index (κ3) is 3.12. The van der Waals surface area contributed by atoms with Crippen LogP contribution in [0.1, 0.15) is 45.6 Å². The molecular weight excluding hydrogens is 440 g/mol. The number of aryl methyl sites for hydroxylation is 1. The molecule has 4 aromatic rings. The summed E-state index contributed by atoms with van der Waals surface area (Å²) < 4.78 is 9.76. The monoisotopic (exact) mass is 466 g/mol. The molecule has 8 nitrogen and oxygen atoms in total. The molecule has 0 bridgehead atoms. The number of nitrogen functional groups attached to an aromatic ring is 1. The fourth-order valence-electron chi connectivity index (χ4n) is 5.56. The van der Waals surface area contributed by atoms with Crippen molar-refractivity contribution in [1.82, 2.24) is 19.2 Å². The Labute approximate surface area is 203 Å². The number of anilines is 1. The quantitative estimate of drug-likeness (QED) is 0.488. The Morgan fingerprint density at radius 3 is 2.77 bits per heavy atom. The van der Waals surface area contributed by atoms with E-state index in [1.807, 2.05) is 65.8 Å². The van der Waals surface area contributed by atoms with Crippen molar-refractivity contribution in [3.8, 4) is 17.5 Å². The van der Waals surface area contributed by atoms with E-state index >= 15 is 0 Å². The maximum absolute atomic E-state index is 13.4. The van der Waals surface area contributed by atoms with Crippen LogP contribution in [0.15, 0.2) is 42.5 Å². The summed E-state index contributed by atoms with van der Waals surface area (Å²) in [4.78, 5) is 15.3. The van der Waals surface area contributed by atoms with Crippen LogP contribution >= 0.6 is 0 Å². The van der Waals surface area contributed by atoms with E-state index in [0.29, 0.717) is 35.4 Å². The van der Waals surface area contributed by atoms with Gasteiger partial charge in [0, 0.05) is 12.1 Å². The molecule has 4 heterocycles. The van der Waals surface area contributed by atoms with Gasteiger partial charge in [-0.25, -0.2) is 0 Å². The van der Waals surface area contributed by atoms with Gasteiger partial charge in [-0.1, -0.05) is 36.4 Å². The average Bonchev–Trinajstić information content (AvgIpc) is 3.54. The van der Waals surface area contributed by atoms with Gasteiger partial charge in [-0.2, -0.15) is 10.4 Å². The highest BCUT2D eigenvalue weighted by Crippen LogP contribution is 2.39. The number of ether oxygens (including phenoxy) is 1. The zero-order valence-electron chi connectivity index (χ0n) is 19.8. The summed E-state index contributed by atoms with van der Waals surface area (Å²) in [5.41, 5.74) is 11.6. The topological polar surface area (TPSA) is 102 Å². The van der Waals surface area contributed by atoms with Gasteiger partial charge in [0.15, 0.2) is 5.65 Å². The summed E-state index contributed by atoms with van der Waals surface area (Å²) in [6.45, 7) is 5.80. The molecule has 0 spiro atoms. The van der Waals surface area contributed by atoms with Crippen LogP contribution < -0.4 is 10.5 Å². The first-order valence-corrected chi connectivity index (χ1v) is 11.9. The zero-order chi connectivity index (χ0) is 24.3. The summed E-state index contributed by atoms with van der Waals surface area (Å²) in [6, 6.07) is 16.3. The third-order valence-electron chi connectivity index (χ3n) is 7.27. The Morgan fingerprint density at radius 1 is 1.20 bits per heavy atom. The van der Waals surface area contributed by atoms with Gasteiger partial charge in [-0.3, -0.25) is 14.0 Å². The van der Waals surface area contributed by atoms with Gasteiger partial charge in [0.1, 0.15) is 35.5 Å². The fourth-order valence-corrected chi connectivity index (χ4v) is 5.56. The van der Waals surface area contributed by atoms with Crippen LogP contribution in [0.5, 0.6) is 5.75 Å². The number of nitriles is 1. The highest BCUT2D eigenvalue weighted by molar-refractivity contribution is 6.09. The molecule has 0 aliphatic carbocycles. The number of hydrogen-bond donors (Lipinski definition) is 1. The second kappa shape index (κ2) is 7.91. The van der Waals surface area contributed by atoms with E-state index in [2.05, 4.69) is 6.07 Å². The van der Waals surface area contributed by atoms with Gasteiger partial charge in [0.05, 0.1) is 23.7 Å². The van der Waals surface area contributed by atoms with Crippen LogP contribution in [0, 0.1) is 25.2 Å². The van der Waals surface area contributed by atoms with Crippen LogP contribution in [0.25, 0.3) is 16.7 Å². The molecule has 35 heavy (non-hydrogen) atoms. The Bertz CT molecular complexity index is 1530. The lowest BCUT2D eigenvalue weighted by atomic mass is 10.1. The molecule has 2 aliphatic rings. The van der Waals surface area contributed by atoms with Crippen molar-refractivity contribution in [2.45, 2.75) is 45.9 Å². The second-order valence-corrected chi connectivity index (χ2v) is 9.36. The zero-order valence-corrected chi connectivity index (χ0v) is 19.8. The van der Waals surface area contributed by atoms with Crippen molar-refractivity contribution in [3.63, 3.8) is 0 Å². The number of hydrogen-bond acceptors (Lipinski definition) is 5. The number of carbonyl (C=O) groups is 1. The molecule has 1 fully saturated rings. The standard InChI is InChI=1S/C27H26N6O2/c1-16-10-11-21(35-15-18-7-4-3-5-8-18)17(2)23(16)33-25(29)20(13-28)22-24-27(34)31-12-6-9-19(31)14-32(24)30-26(22)33/h3-5,7-8,10-11,19H,6,9,12,14-15,29H2,1-2H3/t19-/m1/s1. The lowest BCUT2D eigenvalue weighted by Gasteiger charge is -2.30. The van der Waals surface area contributed by atoms with E-state index < -0.39 is 0 Å². The van der Waals surface area contributed by atoms with Crippen LogP contribution in [0.4, 0.5) is 5.82 Å². The fraction of sp³-hybridized carbons (Fsp3) is 0.296. The van der Waals surface area contributed by atoms with Crippen molar-refractivity contribution < 1.29 is 9.53 Å². The van der Waals surface area contributed by atoms with Gasteiger partial charge in [0.25, 0.3) is 5.91 Å². The van der Waals surface area contributed by atoms with E-state index in [-0.39, 0.29) is 17.8 Å². The number of carbonyl (C=O) groups excluding carboxylic acids is 1. The molecule has 0 unspecified atom stereocenters. The molecule has 2 aromatic heterocycles. The predicted octanol–water partition coefficient (Wildman–Crippen LogP) is 4.09. The van der Waals surface area contributed by atoms with Gasteiger partial charge in [0.2, 0.25) is 0 Å². The molecule has 1 amide bonds. The Kier molecular flexibility index (Phi) is 4.81. The maximum atomic E-state index is 13.4. The summed E-state index contributed by atoms with van der Waals surface area (Å²) >= 11 is 0. The van der Waals surface area contributed by atoms with Crippen molar-refractivity contribution >= 4 is 22.8 Å².